The molecule has 0 heterocycles. The molecule has 0 bridgehead atoms. The van der Waals surface area contributed by atoms with Gasteiger partial charge in [0.1, 0.15) is 0 Å². The van der Waals surface area contributed by atoms with Gasteiger partial charge in [-0.05, 0) is 37.6 Å². The van der Waals surface area contributed by atoms with Crippen molar-refractivity contribution < 1.29 is 0 Å². The first-order chi connectivity index (χ1) is 5.91. The Hall–Kier alpha value is -0.0400. The highest BCUT2D eigenvalue weighted by molar-refractivity contribution is 4.87. The van der Waals surface area contributed by atoms with Gasteiger partial charge in [0.2, 0.25) is 0 Å². The summed E-state index contributed by atoms with van der Waals surface area (Å²) >= 11 is 0. The summed E-state index contributed by atoms with van der Waals surface area (Å²) in [6, 6.07) is 0.845. The van der Waals surface area contributed by atoms with Gasteiger partial charge in [0.05, 0.1) is 0 Å². The highest BCUT2D eigenvalue weighted by Crippen LogP contribution is 2.39. The van der Waals surface area contributed by atoms with Gasteiger partial charge in [-0.15, -0.1) is 0 Å². The first kappa shape index (κ1) is 11.0. The SMILES string of the molecule is CC(C)CN(C)C1CCC(C)(C)C1. The van der Waals surface area contributed by atoms with Gasteiger partial charge in [-0.25, -0.2) is 0 Å². The van der Waals surface area contributed by atoms with Crippen LogP contribution < -0.4 is 0 Å². The van der Waals surface area contributed by atoms with Crippen LogP contribution in [0.2, 0.25) is 0 Å². The van der Waals surface area contributed by atoms with Crippen LogP contribution in [-0.2, 0) is 0 Å². The third-order valence-electron chi connectivity index (χ3n) is 3.22. The molecule has 1 saturated carbocycles. The zero-order chi connectivity index (χ0) is 10.1. The molecule has 0 aromatic carbocycles. The van der Waals surface area contributed by atoms with Crippen LogP contribution in [-0.4, -0.2) is 24.5 Å². The molecule has 1 atom stereocenters. The molecule has 1 unspecified atom stereocenters. The molecule has 1 rings (SSSR count). The van der Waals surface area contributed by atoms with Crippen LogP contribution in [0.4, 0.5) is 0 Å². The van der Waals surface area contributed by atoms with Gasteiger partial charge in [-0.3, -0.25) is 0 Å². The second-order valence-corrected chi connectivity index (χ2v) is 5.89. The van der Waals surface area contributed by atoms with Gasteiger partial charge < -0.3 is 4.90 Å². The third-order valence-corrected chi connectivity index (χ3v) is 3.22. The molecule has 1 aliphatic rings. The van der Waals surface area contributed by atoms with E-state index < -0.39 is 0 Å². The number of hydrogen-bond acceptors (Lipinski definition) is 1. The number of nitrogens with zero attached hydrogens (tertiary/aromatic N) is 1. The van der Waals surface area contributed by atoms with E-state index >= 15 is 0 Å². The summed E-state index contributed by atoms with van der Waals surface area (Å²) in [7, 11) is 2.28. The molecule has 1 fully saturated rings. The first-order valence-electron chi connectivity index (χ1n) is 5.61. The van der Waals surface area contributed by atoms with Crippen LogP contribution in [0.1, 0.15) is 47.0 Å². The molecule has 0 saturated heterocycles. The maximum absolute atomic E-state index is 2.55. The number of rotatable bonds is 3. The summed E-state index contributed by atoms with van der Waals surface area (Å²) in [5.41, 5.74) is 0.593. The Kier molecular flexibility index (Phi) is 3.39. The first-order valence-corrected chi connectivity index (χ1v) is 5.61. The molecular weight excluding hydrogens is 158 g/mol. The van der Waals surface area contributed by atoms with Crippen molar-refractivity contribution in [3.8, 4) is 0 Å². The lowest BCUT2D eigenvalue weighted by Crippen LogP contribution is -2.33. The molecule has 13 heavy (non-hydrogen) atoms. The smallest absolute Gasteiger partial charge is 0.00976 e. The van der Waals surface area contributed by atoms with Gasteiger partial charge >= 0.3 is 0 Å². The molecule has 1 nitrogen and oxygen atoms in total. The maximum atomic E-state index is 2.55. The van der Waals surface area contributed by atoms with Crippen molar-refractivity contribution in [3.63, 3.8) is 0 Å². The predicted molar refractivity (Wildman–Crippen MR) is 58.9 cm³/mol. The minimum atomic E-state index is 0.593. The molecule has 0 aromatic rings. The van der Waals surface area contributed by atoms with E-state index in [0.717, 1.165) is 12.0 Å². The van der Waals surface area contributed by atoms with Gasteiger partial charge in [-0.1, -0.05) is 27.7 Å². The fraction of sp³-hybridized carbons (Fsp3) is 1.00. The summed E-state index contributed by atoms with van der Waals surface area (Å²) in [5.74, 6) is 0.800. The summed E-state index contributed by atoms with van der Waals surface area (Å²) in [6.45, 7) is 10.7. The minimum Gasteiger partial charge on any atom is -0.303 e. The number of hydrogen-bond donors (Lipinski definition) is 0. The molecular formula is C12H25N. The van der Waals surface area contributed by atoms with Crippen molar-refractivity contribution in [2.24, 2.45) is 11.3 Å². The average molecular weight is 183 g/mol. The van der Waals surface area contributed by atoms with Crippen LogP contribution in [0.15, 0.2) is 0 Å². The van der Waals surface area contributed by atoms with Crippen molar-refractivity contribution in [2.45, 2.75) is 53.0 Å². The summed E-state index contributed by atoms with van der Waals surface area (Å²) in [6.07, 6.45) is 4.19. The standard InChI is InChI=1S/C12H25N/c1-10(2)9-13(5)11-6-7-12(3,4)8-11/h10-11H,6-9H2,1-5H3. The fourth-order valence-corrected chi connectivity index (χ4v) is 2.50. The van der Waals surface area contributed by atoms with E-state index in [9.17, 15) is 0 Å². The second kappa shape index (κ2) is 4.00. The Morgan fingerprint density at radius 1 is 1.38 bits per heavy atom. The van der Waals surface area contributed by atoms with E-state index in [2.05, 4.69) is 39.6 Å². The van der Waals surface area contributed by atoms with Crippen molar-refractivity contribution >= 4 is 0 Å². The molecule has 78 valence electrons. The Bertz CT molecular complexity index is 161. The molecule has 0 N–H and O–H groups in total. The Labute approximate surface area is 83.5 Å². The Morgan fingerprint density at radius 2 is 2.00 bits per heavy atom. The molecule has 0 aliphatic heterocycles. The molecule has 1 heteroatoms. The molecule has 0 radical (unpaired) electrons. The zero-order valence-corrected chi connectivity index (χ0v) is 9.93. The zero-order valence-electron chi connectivity index (χ0n) is 9.93. The largest absolute Gasteiger partial charge is 0.303 e. The predicted octanol–water partition coefficient (Wildman–Crippen LogP) is 3.15. The van der Waals surface area contributed by atoms with Crippen molar-refractivity contribution in [1.29, 1.82) is 0 Å². The van der Waals surface area contributed by atoms with Crippen LogP contribution in [0.5, 0.6) is 0 Å². The highest BCUT2D eigenvalue weighted by Gasteiger charge is 2.32. The second-order valence-electron chi connectivity index (χ2n) is 5.89. The monoisotopic (exact) mass is 183 g/mol. The van der Waals surface area contributed by atoms with Crippen LogP contribution in [0.3, 0.4) is 0 Å². The highest BCUT2D eigenvalue weighted by atomic mass is 15.1. The van der Waals surface area contributed by atoms with Crippen molar-refractivity contribution in [3.05, 3.63) is 0 Å². The average Bonchev–Trinajstić information content (AvgIpc) is 2.28. The molecule has 0 amide bonds. The van der Waals surface area contributed by atoms with Crippen LogP contribution in [0, 0.1) is 11.3 Å². The van der Waals surface area contributed by atoms with E-state index in [1.54, 1.807) is 0 Å². The summed E-state index contributed by atoms with van der Waals surface area (Å²) in [4.78, 5) is 2.55. The van der Waals surface area contributed by atoms with Crippen molar-refractivity contribution in [2.75, 3.05) is 13.6 Å². The van der Waals surface area contributed by atoms with Crippen LogP contribution >= 0.6 is 0 Å². The Balaban J connectivity index is 2.37. The van der Waals surface area contributed by atoms with Crippen molar-refractivity contribution in [1.82, 2.24) is 4.90 Å². The topological polar surface area (TPSA) is 3.24 Å². The fourth-order valence-electron chi connectivity index (χ4n) is 2.50. The lowest BCUT2D eigenvalue weighted by Gasteiger charge is -2.27. The molecule has 0 aromatic heterocycles. The lowest BCUT2D eigenvalue weighted by atomic mass is 9.91. The maximum Gasteiger partial charge on any atom is 0.00976 e. The van der Waals surface area contributed by atoms with E-state index in [1.807, 2.05) is 0 Å². The van der Waals surface area contributed by atoms with Gasteiger partial charge in [-0.2, -0.15) is 0 Å². The summed E-state index contributed by atoms with van der Waals surface area (Å²) < 4.78 is 0. The molecule has 1 aliphatic carbocycles. The normalized spacial score (nSPS) is 27.5. The van der Waals surface area contributed by atoms with E-state index in [1.165, 1.54) is 25.8 Å². The Morgan fingerprint density at radius 3 is 2.38 bits per heavy atom. The van der Waals surface area contributed by atoms with Crippen LogP contribution in [0.25, 0.3) is 0 Å². The minimum absolute atomic E-state index is 0.593. The van der Waals surface area contributed by atoms with E-state index in [0.29, 0.717) is 5.41 Å². The third kappa shape index (κ3) is 3.30. The van der Waals surface area contributed by atoms with E-state index in [4.69, 9.17) is 0 Å². The van der Waals surface area contributed by atoms with Gasteiger partial charge in [0, 0.05) is 12.6 Å². The van der Waals surface area contributed by atoms with Gasteiger partial charge in [0.25, 0.3) is 0 Å². The lowest BCUT2D eigenvalue weighted by molar-refractivity contribution is 0.206. The molecule has 0 spiro atoms. The van der Waals surface area contributed by atoms with E-state index in [-0.39, 0.29) is 0 Å². The van der Waals surface area contributed by atoms with Gasteiger partial charge in [0.15, 0.2) is 0 Å². The quantitative estimate of drug-likeness (QED) is 0.649. The summed E-state index contributed by atoms with van der Waals surface area (Å²) in [5, 5.41) is 0.